The van der Waals surface area contributed by atoms with Gasteiger partial charge < -0.3 is 5.73 Å². The summed E-state index contributed by atoms with van der Waals surface area (Å²) >= 11 is 3.55. The molecule has 0 radical (unpaired) electrons. The van der Waals surface area contributed by atoms with Gasteiger partial charge in [-0.3, -0.25) is 0 Å². The van der Waals surface area contributed by atoms with E-state index in [0.717, 1.165) is 22.1 Å². The van der Waals surface area contributed by atoms with Crippen molar-refractivity contribution in [2.24, 2.45) is 5.73 Å². The Hall–Kier alpha value is -1.13. The molecule has 0 spiro atoms. The number of aryl methyl sites for hydroxylation is 1. The Morgan fingerprint density at radius 3 is 2.94 bits per heavy atom. The number of halogens is 1. The summed E-state index contributed by atoms with van der Waals surface area (Å²) in [6.07, 6.45) is 4.74. The van der Waals surface area contributed by atoms with Crippen molar-refractivity contribution in [1.82, 2.24) is 9.78 Å². The second-order valence-corrected chi connectivity index (χ2v) is 4.64. The van der Waals surface area contributed by atoms with E-state index in [1.807, 2.05) is 17.1 Å². The predicted octanol–water partition coefficient (Wildman–Crippen LogP) is 2.44. The average molecular weight is 280 g/mol. The number of hydrogen-bond acceptors (Lipinski definition) is 2. The first-order valence-electron chi connectivity index (χ1n) is 5.21. The lowest BCUT2D eigenvalue weighted by Crippen LogP contribution is -2.01. The number of nitrogens with zero attached hydrogens (tertiary/aromatic N) is 2. The normalized spacial score (nSPS) is 10.7. The van der Waals surface area contributed by atoms with E-state index in [0.29, 0.717) is 6.54 Å². The van der Waals surface area contributed by atoms with E-state index >= 15 is 0 Å². The van der Waals surface area contributed by atoms with E-state index in [9.17, 15) is 0 Å². The molecule has 1 aromatic carbocycles. The van der Waals surface area contributed by atoms with Gasteiger partial charge in [-0.25, -0.2) is 4.68 Å². The lowest BCUT2D eigenvalue weighted by Gasteiger charge is -2.04. The van der Waals surface area contributed by atoms with E-state index in [1.54, 1.807) is 0 Å². The average Bonchev–Trinajstić information content (AvgIpc) is 2.67. The van der Waals surface area contributed by atoms with Gasteiger partial charge in [0.25, 0.3) is 0 Å². The van der Waals surface area contributed by atoms with Crippen LogP contribution in [0.25, 0.3) is 5.69 Å². The number of aromatic nitrogens is 2. The van der Waals surface area contributed by atoms with Gasteiger partial charge in [-0.1, -0.05) is 6.07 Å². The summed E-state index contributed by atoms with van der Waals surface area (Å²) in [7, 11) is 0. The van der Waals surface area contributed by atoms with Gasteiger partial charge in [-0.05, 0) is 59.1 Å². The van der Waals surface area contributed by atoms with Crippen LogP contribution in [0, 0.1) is 6.92 Å². The van der Waals surface area contributed by atoms with Crippen LogP contribution in [0.3, 0.4) is 0 Å². The van der Waals surface area contributed by atoms with Crippen LogP contribution in [0.4, 0.5) is 0 Å². The molecule has 0 amide bonds. The van der Waals surface area contributed by atoms with Crippen molar-refractivity contribution in [1.29, 1.82) is 0 Å². The predicted molar refractivity (Wildman–Crippen MR) is 68.8 cm³/mol. The highest BCUT2D eigenvalue weighted by Gasteiger charge is 2.04. The third kappa shape index (κ3) is 2.33. The summed E-state index contributed by atoms with van der Waals surface area (Å²) in [6, 6.07) is 6.21. The molecule has 16 heavy (non-hydrogen) atoms. The zero-order chi connectivity index (χ0) is 11.5. The van der Waals surface area contributed by atoms with Crippen molar-refractivity contribution in [3.05, 3.63) is 46.2 Å². The van der Waals surface area contributed by atoms with Crippen molar-refractivity contribution < 1.29 is 0 Å². The van der Waals surface area contributed by atoms with Gasteiger partial charge in [-0.2, -0.15) is 5.10 Å². The van der Waals surface area contributed by atoms with Crippen molar-refractivity contribution in [2.45, 2.75) is 13.3 Å². The lowest BCUT2D eigenvalue weighted by atomic mass is 10.2. The smallest absolute Gasteiger partial charge is 0.0787 e. The van der Waals surface area contributed by atoms with Gasteiger partial charge in [0.1, 0.15) is 0 Å². The minimum atomic E-state index is 0.654. The Kier molecular flexibility index (Phi) is 3.41. The fraction of sp³-hybridized carbons (Fsp3) is 0.250. The lowest BCUT2D eigenvalue weighted by molar-refractivity contribution is 0.874. The molecule has 0 atom stereocenters. The van der Waals surface area contributed by atoms with Gasteiger partial charge in [0, 0.05) is 10.7 Å². The highest BCUT2D eigenvalue weighted by Crippen LogP contribution is 2.22. The standard InChI is InChI=1S/C12H14BrN3/c1-9-2-3-12(11(13)6-9)16-8-10(4-5-14)7-15-16/h2-3,6-8H,4-5,14H2,1H3. The van der Waals surface area contributed by atoms with Gasteiger partial charge in [0.05, 0.1) is 11.9 Å². The summed E-state index contributed by atoms with van der Waals surface area (Å²) in [5.74, 6) is 0. The Morgan fingerprint density at radius 1 is 1.44 bits per heavy atom. The van der Waals surface area contributed by atoms with Crippen molar-refractivity contribution in [3.63, 3.8) is 0 Å². The van der Waals surface area contributed by atoms with Crippen molar-refractivity contribution in [3.8, 4) is 5.69 Å². The fourth-order valence-electron chi connectivity index (χ4n) is 1.59. The quantitative estimate of drug-likeness (QED) is 0.938. The topological polar surface area (TPSA) is 43.8 Å². The van der Waals surface area contributed by atoms with Crippen LogP contribution in [0.15, 0.2) is 35.1 Å². The maximum absolute atomic E-state index is 5.51. The second kappa shape index (κ2) is 4.80. The molecule has 0 aliphatic heterocycles. The molecule has 2 rings (SSSR count). The molecule has 0 bridgehead atoms. The van der Waals surface area contributed by atoms with E-state index in [4.69, 9.17) is 5.73 Å². The highest BCUT2D eigenvalue weighted by atomic mass is 79.9. The Balaban J connectivity index is 2.35. The molecule has 84 valence electrons. The Labute approximate surface area is 103 Å². The van der Waals surface area contributed by atoms with Crippen LogP contribution in [-0.4, -0.2) is 16.3 Å². The molecular weight excluding hydrogens is 266 g/mol. The molecular formula is C12H14BrN3. The monoisotopic (exact) mass is 279 g/mol. The summed E-state index contributed by atoms with van der Waals surface area (Å²) in [5, 5.41) is 4.33. The molecule has 4 heteroatoms. The minimum Gasteiger partial charge on any atom is -0.330 e. The zero-order valence-corrected chi connectivity index (χ0v) is 10.7. The zero-order valence-electron chi connectivity index (χ0n) is 9.15. The number of benzene rings is 1. The van der Waals surface area contributed by atoms with Gasteiger partial charge >= 0.3 is 0 Å². The van der Waals surface area contributed by atoms with Crippen molar-refractivity contribution in [2.75, 3.05) is 6.54 Å². The first-order chi connectivity index (χ1) is 7.70. The van der Waals surface area contributed by atoms with Crippen LogP contribution in [0.2, 0.25) is 0 Å². The summed E-state index contributed by atoms with van der Waals surface area (Å²) in [5.41, 5.74) is 8.95. The van der Waals surface area contributed by atoms with Gasteiger partial charge in [0.15, 0.2) is 0 Å². The number of nitrogens with two attached hydrogens (primary N) is 1. The third-order valence-corrected chi connectivity index (χ3v) is 3.05. The van der Waals surface area contributed by atoms with Crippen molar-refractivity contribution >= 4 is 15.9 Å². The Morgan fingerprint density at radius 2 is 2.25 bits per heavy atom. The highest BCUT2D eigenvalue weighted by molar-refractivity contribution is 9.10. The molecule has 0 aliphatic rings. The Bertz CT molecular complexity index is 491. The van der Waals surface area contributed by atoms with Crippen LogP contribution in [0.5, 0.6) is 0 Å². The summed E-state index contributed by atoms with van der Waals surface area (Å²) in [6.45, 7) is 2.72. The number of hydrogen-bond donors (Lipinski definition) is 1. The molecule has 3 nitrogen and oxygen atoms in total. The van der Waals surface area contributed by atoms with Gasteiger partial charge in [0.2, 0.25) is 0 Å². The molecule has 2 aromatic rings. The minimum absolute atomic E-state index is 0.654. The van der Waals surface area contributed by atoms with E-state index in [1.165, 1.54) is 5.56 Å². The summed E-state index contributed by atoms with van der Waals surface area (Å²) in [4.78, 5) is 0. The fourth-order valence-corrected chi connectivity index (χ4v) is 2.26. The third-order valence-electron chi connectivity index (χ3n) is 2.42. The van der Waals surface area contributed by atoms with Crippen LogP contribution in [-0.2, 0) is 6.42 Å². The molecule has 0 saturated carbocycles. The van der Waals surface area contributed by atoms with Crippen LogP contribution >= 0.6 is 15.9 Å². The molecule has 1 heterocycles. The molecule has 2 N–H and O–H groups in total. The molecule has 0 fully saturated rings. The van der Waals surface area contributed by atoms with E-state index in [-0.39, 0.29) is 0 Å². The van der Waals surface area contributed by atoms with E-state index in [2.05, 4.69) is 46.2 Å². The molecule has 1 aromatic heterocycles. The molecule has 0 aliphatic carbocycles. The first kappa shape index (κ1) is 11.4. The maximum Gasteiger partial charge on any atom is 0.0787 e. The second-order valence-electron chi connectivity index (χ2n) is 3.79. The van der Waals surface area contributed by atoms with Crippen LogP contribution < -0.4 is 5.73 Å². The molecule has 0 saturated heterocycles. The largest absolute Gasteiger partial charge is 0.330 e. The van der Waals surface area contributed by atoms with Crippen LogP contribution in [0.1, 0.15) is 11.1 Å². The SMILES string of the molecule is Cc1ccc(-n2cc(CCN)cn2)c(Br)c1. The maximum atomic E-state index is 5.51. The van der Waals surface area contributed by atoms with E-state index < -0.39 is 0 Å². The first-order valence-corrected chi connectivity index (χ1v) is 6.00. The number of rotatable bonds is 3. The summed E-state index contributed by atoms with van der Waals surface area (Å²) < 4.78 is 2.92. The van der Waals surface area contributed by atoms with Gasteiger partial charge in [-0.15, -0.1) is 0 Å². The molecule has 0 unspecified atom stereocenters.